The van der Waals surface area contributed by atoms with Crippen molar-refractivity contribution in [3.05, 3.63) is 16.9 Å². The van der Waals surface area contributed by atoms with Gasteiger partial charge in [0.15, 0.2) is 0 Å². The molecule has 70 valence electrons. The van der Waals surface area contributed by atoms with E-state index < -0.39 is 0 Å². The lowest BCUT2D eigenvalue weighted by molar-refractivity contribution is 0.780. The molecule has 0 amide bonds. The Labute approximate surface area is 86.1 Å². The van der Waals surface area contributed by atoms with Crippen molar-refractivity contribution in [1.29, 1.82) is 0 Å². The number of hydrogen-bond acceptors (Lipinski definition) is 3. The van der Waals surface area contributed by atoms with Crippen LogP contribution in [-0.4, -0.2) is 16.5 Å². The highest BCUT2D eigenvalue weighted by molar-refractivity contribution is 9.10. The molecule has 4 heteroatoms. The molecule has 1 aliphatic rings. The van der Waals surface area contributed by atoms with E-state index in [4.69, 9.17) is 0 Å². The third kappa shape index (κ3) is 2.40. The summed E-state index contributed by atoms with van der Waals surface area (Å²) in [6, 6.07) is 0. The monoisotopic (exact) mass is 241 g/mol. The summed E-state index contributed by atoms with van der Waals surface area (Å²) >= 11 is 3.29. The van der Waals surface area contributed by atoms with Gasteiger partial charge in [0.2, 0.25) is 5.95 Å². The summed E-state index contributed by atoms with van der Waals surface area (Å²) in [6.45, 7) is 3.28. The Kier molecular flexibility index (Phi) is 2.49. The van der Waals surface area contributed by atoms with Crippen LogP contribution >= 0.6 is 15.9 Å². The second-order valence-corrected chi connectivity index (χ2v) is 4.49. The maximum atomic E-state index is 4.13. The van der Waals surface area contributed by atoms with Crippen LogP contribution in [0.4, 0.5) is 5.95 Å². The summed E-state index contributed by atoms with van der Waals surface area (Å²) in [5, 5.41) is 3.22. The molecule has 0 spiro atoms. The summed E-state index contributed by atoms with van der Waals surface area (Å²) in [5.41, 5.74) is 0. The van der Waals surface area contributed by atoms with Crippen LogP contribution in [0.1, 0.15) is 13.3 Å². The summed E-state index contributed by atoms with van der Waals surface area (Å²) in [5.74, 6) is 2.43. The largest absolute Gasteiger partial charge is 0.354 e. The molecule has 1 aromatic rings. The standard InChI is InChI=1S/C9H12BrN3/c1-6-2-7(6)3-11-9-12-4-8(10)5-13-9/h4-7H,2-3H2,1H3,(H,11,12,13). The van der Waals surface area contributed by atoms with E-state index in [1.165, 1.54) is 6.42 Å². The van der Waals surface area contributed by atoms with Crippen molar-refractivity contribution < 1.29 is 0 Å². The van der Waals surface area contributed by atoms with Gasteiger partial charge in [0.25, 0.3) is 0 Å². The molecule has 2 unspecified atom stereocenters. The van der Waals surface area contributed by atoms with Gasteiger partial charge in [-0.15, -0.1) is 0 Å². The zero-order chi connectivity index (χ0) is 9.26. The Morgan fingerprint density at radius 2 is 2.15 bits per heavy atom. The Morgan fingerprint density at radius 3 is 2.69 bits per heavy atom. The molecule has 0 aliphatic heterocycles. The molecule has 2 rings (SSSR count). The number of nitrogens with one attached hydrogen (secondary N) is 1. The molecule has 1 aromatic heterocycles. The molecule has 1 heterocycles. The van der Waals surface area contributed by atoms with Gasteiger partial charge in [0, 0.05) is 18.9 Å². The van der Waals surface area contributed by atoms with E-state index in [1.807, 2.05) is 0 Å². The number of aromatic nitrogens is 2. The van der Waals surface area contributed by atoms with Gasteiger partial charge in [0.05, 0.1) is 4.47 Å². The Balaban J connectivity index is 1.84. The van der Waals surface area contributed by atoms with Gasteiger partial charge in [-0.3, -0.25) is 0 Å². The fraction of sp³-hybridized carbons (Fsp3) is 0.556. The molecule has 1 saturated carbocycles. The molecule has 0 saturated heterocycles. The van der Waals surface area contributed by atoms with Crippen LogP contribution in [0.2, 0.25) is 0 Å². The summed E-state index contributed by atoms with van der Waals surface area (Å²) in [6.07, 6.45) is 4.85. The summed E-state index contributed by atoms with van der Waals surface area (Å²) in [4.78, 5) is 8.27. The number of rotatable bonds is 3. The number of anilines is 1. The summed E-state index contributed by atoms with van der Waals surface area (Å²) < 4.78 is 0.915. The topological polar surface area (TPSA) is 37.8 Å². The number of nitrogens with zero attached hydrogens (tertiary/aromatic N) is 2. The van der Waals surface area contributed by atoms with Crippen LogP contribution in [0.15, 0.2) is 16.9 Å². The van der Waals surface area contributed by atoms with Crippen LogP contribution in [-0.2, 0) is 0 Å². The molecule has 3 nitrogen and oxygen atoms in total. The van der Waals surface area contributed by atoms with Gasteiger partial charge >= 0.3 is 0 Å². The first kappa shape index (κ1) is 8.94. The fourth-order valence-electron chi connectivity index (χ4n) is 1.31. The Bertz CT molecular complexity index is 285. The van der Waals surface area contributed by atoms with E-state index >= 15 is 0 Å². The van der Waals surface area contributed by atoms with E-state index in [2.05, 4.69) is 38.1 Å². The molecule has 1 N–H and O–H groups in total. The zero-order valence-electron chi connectivity index (χ0n) is 7.50. The highest BCUT2D eigenvalue weighted by atomic mass is 79.9. The Hall–Kier alpha value is -0.640. The van der Waals surface area contributed by atoms with Crippen LogP contribution in [0.25, 0.3) is 0 Å². The van der Waals surface area contributed by atoms with Crippen molar-refractivity contribution in [2.75, 3.05) is 11.9 Å². The van der Waals surface area contributed by atoms with Crippen LogP contribution in [0.3, 0.4) is 0 Å². The van der Waals surface area contributed by atoms with Gasteiger partial charge < -0.3 is 5.32 Å². The maximum absolute atomic E-state index is 4.13. The Morgan fingerprint density at radius 1 is 1.54 bits per heavy atom. The molecular formula is C9H12BrN3. The average molecular weight is 242 g/mol. The molecule has 2 atom stereocenters. The lowest BCUT2D eigenvalue weighted by Crippen LogP contribution is -2.07. The first-order valence-corrected chi connectivity index (χ1v) is 5.26. The van der Waals surface area contributed by atoms with Crippen molar-refractivity contribution in [2.24, 2.45) is 11.8 Å². The minimum Gasteiger partial charge on any atom is -0.354 e. The average Bonchev–Trinajstić information content (AvgIpc) is 2.81. The maximum Gasteiger partial charge on any atom is 0.222 e. The first-order valence-electron chi connectivity index (χ1n) is 4.47. The van der Waals surface area contributed by atoms with Crippen molar-refractivity contribution in [2.45, 2.75) is 13.3 Å². The molecule has 0 radical (unpaired) electrons. The third-order valence-corrected chi connectivity index (χ3v) is 2.83. The van der Waals surface area contributed by atoms with E-state index in [-0.39, 0.29) is 0 Å². The van der Waals surface area contributed by atoms with Crippen molar-refractivity contribution >= 4 is 21.9 Å². The van der Waals surface area contributed by atoms with Crippen molar-refractivity contribution in [1.82, 2.24) is 9.97 Å². The van der Waals surface area contributed by atoms with E-state index in [1.54, 1.807) is 12.4 Å². The first-order chi connectivity index (χ1) is 6.25. The van der Waals surface area contributed by atoms with E-state index in [0.29, 0.717) is 0 Å². The number of hydrogen-bond donors (Lipinski definition) is 1. The fourth-order valence-corrected chi connectivity index (χ4v) is 1.51. The molecule has 1 aliphatic carbocycles. The van der Waals surface area contributed by atoms with Gasteiger partial charge in [0.1, 0.15) is 0 Å². The van der Waals surface area contributed by atoms with Gasteiger partial charge in [-0.05, 0) is 34.2 Å². The predicted molar refractivity (Wildman–Crippen MR) is 55.5 cm³/mol. The van der Waals surface area contributed by atoms with Gasteiger partial charge in [-0.1, -0.05) is 6.92 Å². The highest BCUT2D eigenvalue weighted by Crippen LogP contribution is 2.37. The normalized spacial score (nSPS) is 25.7. The summed E-state index contributed by atoms with van der Waals surface area (Å²) in [7, 11) is 0. The predicted octanol–water partition coefficient (Wildman–Crippen LogP) is 2.31. The van der Waals surface area contributed by atoms with Gasteiger partial charge in [-0.2, -0.15) is 0 Å². The smallest absolute Gasteiger partial charge is 0.222 e. The van der Waals surface area contributed by atoms with Crippen molar-refractivity contribution in [3.8, 4) is 0 Å². The quantitative estimate of drug-likeness (QED) is 0.883. The SMILES string of the molecule is CC1CC1CNc1ncc(Br)cn1. The van der Waals surface area contributed by atoms with Crippen LogP contribution < -0.4 is 5.32 Å². The van der Waals surface area contributed by atoms with Crippen molar-refractivity contribution in [3.63, 3.8) is 0 Å². The zero-order valence-corrected chi connectivity index (χ0v) is 9.08. The third-order valence-electron chi connectivity index (χ3n) is 2.42. The highest BCUT2D eigenvalue weighted by Gasteiger charge is 2.31. The molecule has 1 fully saturated rings. The second kappa shape index (κ2) is 3.62. The minimum atomic E-state index is 0.724. The molecule has 13 heavy (non-hydrogen) atoms. The molecule has 0 aromatic carbocycles. The van der Waals surface area contributed by atoms with Crippen LogP contribution in [0, 0.1) is 11.8 Å². The molecule has 0 bridgehead atoms. The number of halogens is 1. The van der Waals surface area contributed by atoms with Crippen LogP contribution in [0.5, 0.6) is 0 Å². The lowest BCUT2D eigenvalue weighted by atomic mass is 10.3. The minimum absolute atomic E-state index is 0.724. The van der Waals surface area contributed by atoms with Gasteiger partial charge in [-0.25, -0.2) is 9.97 Å². The lowest BCUT2D eigenvalue weighted by Gasteiger charge is -2.02. The van der Waals surface area contributed by atoms with E-state index in [9.17, 15) is 0 Å². The second-order valence-electron chi connectivity index (χ2n) is 3.58. The van der Waals surface area contributed by atoms with E-state index in [0.717, 1.165) is 28.8 Å². The molecular weight excluding hydrogens is 230 g/mol.